The Kier molecular flexibility index (Phi) is 3.61. The summed E-state index contributed by atoms with van der Waals surface area (Å²) in [6, 6.07) is 5.10. The van der Waals surface area contributed by atoms with Crippen LogP contribution in [0.3, 0.4) is 0 Å². The lowest BCUT2D eigenvalue weighted by molar-refractivity contribution is 0.0687. The zero-order chi connectivity index (χ0) is 12.3. The molecule has 92 valence electrons. The SMILES string of the molecule is COc1c(C(=O)O)cccc1C1COCCN1. The highest BCUT2D eigenvalue weighted by atomic mass is 16.5. The smallest absolute Gasteiger partial charge is 0.339 e. The number of morpholine rings is 1. The van der Waals surface area contributed by atoms with Gasteiger partial charge in [-0.3, -0.25) is 0 Å². The number of para-hydroxylation sites is 1. The Bertz CT molecular complexity index is 413. The molecule has 1 unspecified atom stereocenters. The number of rotatable bonds is 3. The molecule has 1 atom stereocenters. The zero-order valence-corrected chi connectivity index (χ0v) is 9.60. The van der Waals surface area contributed by atoms with Gasteiger partial charge in [-0.15, -0.1) is 0 Å². The van der Waals surface area contributed by atoms with E-state index in [9.17, 15) is 4.79 Å². The van der Waals surface area contributed by atoms with Gasteiger partial charge in [0.15, 0.2) is 0 Å². The van der Waals surface area contributed by atoms with Gasteiger partial charge in [-0.05, 0) is 6.07 Å². The van der Waals surface area contributed by atoms with Gasteiger partial charge >= 0.3 is 5.97 Å². The summed E-state index contributed by atoms with van der Waals surface area (Å²) in [7, 11) is 1.48. The van der Waals surface area contributed by atoms with Crippen LogP contribution in [0.4, 0.5) is 0 Å². The van der Waals surface area contributed by atoms with Gasteiger partial charge in [0, 0.05) is 12.1 Å². The first kappa shape index (κ1) is 11.9. The van der Waals surface area contributed by atoms with E-state index in [1.54, 1.807) is 6.07 Å². The summed E-state index contributed by atoms with van der Waals surface area (Å²) in [6.07, 6.45) is 0. The van der Waals surface area contributed by atoms with E-state index in [4.69, 9.17) is 14.6 Å². The standard InChI is InChI=1S/C12H15NO4/c1-16-11-8(10-7-17-6-5-13-10)3-2-4-9(11)12(14)15/h2-4,10,13H,5-7H2,1H3,(H,14,15). The fourth-order valence-corrected chi connectivity index (χ4v) is 1.99. The van der Waals surface area contributed by atoms with E-state index in [2.05, 4.69) is 5.32 Å². The third-order valence-electron chi connectivity index (χ3n) is 2.78. The summed E-state index contributed by atoms with van der Waals surface area (Å²) < 4.78 is 10.6. The topological polar surface area (TPSA) is 67.8 Å². The lowest BCUT2D eigenvalue weighted by Crippen LogP contribution is -2.34. The normalized spacial score (nSPS) is 19.9. The predicted octanol–water partition coefficient (Wildman–Crippen LogP) is 1.05. The average molecular weight is 237 g/mol. The second-order valence-electron chi connectivity index (χ2n) is 3.81. The van der Waals surface area contributed by atoms with Gasteiger partial charge in [-0.25, -0.2) is 4.79 Å². The van der Waals surface area contributed by atoms with Crippen LogP contribution in [0.15, 0.2) is 18.2 Å². The maximum atomic E-state index is 11.1. The summed E-state index contributed by atoms with van der Waals surface area (Å²) >= 11 is 0. The molecule has 1 aromatic carbocycles. The van der Waals surface area contributed by atoms with Gasteiger partial charge in [0.25, 0.3) is 0 Å². The van der Waals surface area contributed by atoms with Gasteiger partial charge in [0.2, 0.25) is 0 Å². The highest BCUT2D eigenvalue weighted by Crippen LogP contribution is 2.30. The van der Waals surface area contributed by atoms with Gasteiger partial charge in [-0.1, -0.05) is 12.1 Å². The molecular formula is C12H15NO4. The number of carboxylic acids is 1. The van der Waals surface area contributed by atoms with Crippen molar-refractivity contribution >= 4 is 5.97 Å². The van der Waals surface area contributed by atoms with Crippen LogP contribution in [0.1, 0.15) is 22.0 Å². The van der Waals surface area contributed by atoms with Crippen LogP contribution in [0.2, 0.25) is 0 Å². The van der Waals surface area contributed by atoms with Crippen LogP contribution in [0, 0.1) is 0 Å². The molecule has 1 heterocycles. The molecule has 0 saturated carbocycles. The third-order valence-corrected chi connectivity index (χ3v) is 2.78. The molecule has 1 aliphatic rings. The van der Waals surface area contributed by atoms with E-state index in [1.807, 2.05) is 6.07 Å². The maximum absolute atomic E-state index is 11.1. The second kappa shape index (κ2) is 5.16. The Morgan fingerprint density at radius 2 is 2.41 bits per heavy atom. The summed E-state index contributed by atoms with van der Waals surface area (Å²) in [5, 5.41) is 12.4. The van der Waals surface area contributed by atoms with Gasteiger partial charge in [0.05, 0.1) is 26.4 Å². The average Bonchev–Trinajstić information content (AvgIpc) is 2.38. The number of hydrogen-bond acceptors (Lipinski definition) is 4. The monoisotopic (exact) mass is 237 g/mol. The third kappa shape index (κ3) is 2.40. The highest BCUT2D eigenvalue weighted by molar-refractivity contribution is 5.91. The van der Waals surface area contributed by atoms with Crippen molar-refractivity contribution in [2.45, 2.75) is 6.04 Å². The van der Waals surface area contributed by atoms with Crippen LogP contribution >= 0.6 is 0 Å². The molecule has 0 aliphatic carbocycles. The molecule has 5 nitrogen and oxygen atoms in total. The van der Waals surface area contributed by atoms with Crippen molar-refractivity contribution < 1.29 is 19.4 Å². The van der Waals surface area contributed by atoms with Crippen molar-refractivity contribution in [3.63, 3.8) is 0 Å². The zero-order valence-electron chi connectivity index (χ0n) is 9.60. The van der Waals surface area contributed by atoms with E-state index in [-0.39, 0.29) is 11.6 Å². The molecule has 17 heavy (non-hydrogen) atoms. The van der Waals surface area contributed by atoms with E-state index in [1.165, 1.54) is 13.2 Å². The highest BCUT2D eigenvalue weighted by Gasteiger charge is 2.22. The van der Waals surface area contributed by atoms with Gasteiger partial charge < -0.3 is 19.9 Å². The molecule has 0 bridgehead atoms. The Hall–Kier alpha value is -1.59. The fraction of sp³-hybridized carbons (Fsp3) is 0.417. The maximum Gasteiger partial charge on any atom is 0.339 e. The van der Waals surface area contributed by atoms with Crippen molar-refractivity contribution in [2.24, 2.45) is 0 Å². The molecule has 5 heteroatoms. The minimum atomic E-state index is -0.986. The van der Waals surface area contributed by atoms with E-state index >= 15 is 0 Å². The molecular weight excluding hydrogens is 222 g/mol. The van der Waals surface area contributed by atoms with Gasteiger partial charge in [0.1, 0.15) is 11.3 Å². The van der Waals surface area contributed by atoms with Crippen LogP contribution in [-0.2, 0) is 4.74 Å². The Morgan fingerprint density at radius 1 is 1.59 bits per heavy atom. The summed E-state index contributed by atoms with van der Waals surface area (Å²) in [5.41, 5.74) is 1.00. The first-order valence-corrected chi connectivity index (χ1v) is 5.45. The van der Waals surface area contributed by atoms with Crippen molar-refractivity contribution in [1.29, 1.82) is 0 Å². The molecule has 1 aliphatic heterocycles. The molecule has 1 saturated heterocycles. The second-order valence-corrected chi connectivity index (χ2v) is 3.81. The largest absolute Gasteiger partial charge is 0.495 e. The van der Waals surface area contributed by atoms with Crippen molar-refractivity contribution in [3.05, 3.63) is 29.3 Å². The number of benzene rings is 1. The quantitative estimate of drug-likeness (QED) is 0.822. The van der Waals surface area contributed by atoms with Crippen LogP contribution in [0.25, 0.3) is 0 Å². The number of ether oxygens (including phenoxy) is 2. The molecule has 0 spiro atoms. The minimum absolute atomic E-state index is 0.0157. The summed E-state index contributed by atoms with van der Waals surface area (Å²) in [4.78, 5) is 11.1. The van der Waals surface area contributed by atoms with Crippen LogP contribution in [-0.4, -0.2) is 37.9 Å². The Labute approximate surface area is 99.3 Å². The van der Waals surface area contributed by atoms with Crippen molar-refractivity contribution in [1.82, 2.24) is 5.32 Å². The van der Waals surface area contributed by atoms with Crippen molar-refractivity contribution in [3.8, 4) is 5.75 Å². The number of aromatic carboxylic acids is 1. The minimum Gasteiger partial charge on any atom is -0.495 e. The summed E-state index contributed by atoms with van der Waals surface area (Å²) in [5.74, 6) is -0.580. The number of nitrogens with one attached hydrogen (secondary N) is 1. The van der Waals surface area contributed by atoms with Crippen LogP contribution in [0.5, 0.6) is 5.75 Å². The van der Waals surface area contributed by atoms with E-state index < -0.39 is 5.97 Å². The van der Waals surface area contributed by atoms with Crippen molar-refractivity contribution in [2.75, 3.05) is 26.9 Å². The lowest BCUT2D eigenvalue weighted by atomic mass is 10.0. The molecule has 0 radical (unpaired) electrons. The first-order chi connectivity index (χ1) is 8.24. The number of carbonyl (C=O) groups is 1. The first-order valence-electron chi connectivity index (χ1n) is 5.45. The molecule has 0 amide bonds. The predicted molar refractivity (Wildman–Crippen MR) is 61.5 cm³/mol. The summed E-state index contributed by atoms with van der Waals surface area (Å²) in [6.45, 7) is 1.96. The van der Waals surface area contributed by atoms with Crippen LogP contribution < -0.4 is 10.1 Å². The Balaban J connectivity index is 2.38. The number of carboxylic acid groups (broad SMARTS) is 1. The van der Waals surface area contributed by atoms with E-state index in [0.29, 0.717) is 19.0 Å². The molecule has 0 aromatic heterocycles. The molecule has 1 aromatic rings. The molecule has 1 fully saturated rings. The fourth-order valence-electron chi connectivity index (χ4n) is 1.99. The number of hydrogen-bond donors (Lipinski definition) is 2. The Morgan fingerprint density at radius 3 is 3.00 bits per heavy atom. The molecule has 2 N–H and O–H groups in total. The molecule has 2 rings (SSSR count). The lowest BCUT2D eigenvalue weighted by Gasteiger charge is -2.26. The van der Waals surface area contributed by atoms with E-state index in [0.717, 1.165) is 12.1 Å². The number of methoxy groups -OCH3 is 1. The van der Waals surface area contributed by atoms with Gasteiger partial charge in [-0.2, -0.15) is 0 Å².